The highest BCUT2D eigenvalue weighted by Crippen LogP contribution is 2.39. The van der Waals surface area contributed by atoms with Gasteiger partial charge in [-0.3, -0.25) is 0 Å². The Bertz CT molecular complexity index is 1100. The zero-order chi connectivity index (χ0) is 19.7. The first kappa shape index (κ1) is 17.8. The van der Waals surface area contributed by atoms with Gasteiger partial charge in [0.1, 0.15) is 0 Å². The summed E-state index contributed by atoms with van der Waals surface area (Å²) in [7, 11) is 0. The quantitative estimate of drug-likeness (QED) is 0.464. The molecule has 28 heavy (non-hydrogen) atoms. The average molecular weight is 381 g/mol. The van der Waals surface area contributed by atoms with Crippen molar-refractivity contribution in [3.05, 3.63) is 78.4 Å². The Balaban J connectivity index is 1.76. The zero-order valence-electron chi connectivity index (χ0n) is 14.4. The van der Waals surface area contributed by atoms with Crippen LogP contribution in [0.2, 0.25) is 0 Å². The summed E-state index contributed by atoms with van der Waals surface area (Å²) in [4.78, 5) is 0. The summed E-state index contributed by atoms with van der Waals surface area (Å²) < 4.78 is 46.6. The van der Waals surface area contributed by atoms with Gasteiger partial charge >= 0.3 is 6.18 Å². The summed E-state index contributed by atoms with van der Waals surface area (Å²) in [6, 6.07) is 19.2. The second-order valence-electron chi connectivity index (χ2n) is 6.16. The number of nitrogens with two attached hydrogens (primary N) is 1. The largest absolute Gasteiger partial charge is 0.417 e. The van der Waals surface area contributed by atoms with Crippen LogP contribution in [0.1, 0.15) is 5.56 Å². The number of hydrogen-bond acceptors (Lipinski definition) is 4. The van der Waals surface area contributed by atoms with Crippen molar-refractivity contribution in [3.63, 3.8) is 0 Å². The fourth-order valence-corrected chi connectivity index (χ4v) is 2.86. The van der Waals surface area contributed by atoms with Gasteiger partial charge in [-0.2, -0.15) is 13.2 Å². The lowest BCUT2D eigenvalue weighted by Crippen LogP contribution is -2.07. The van der Waals surface area contributed by atoms with Gasteiger partial charge in [0.25, 0.3) is 0 Å². The number of hydrogen-bond donors (Lipinski definition) is 1. The van der Waals surface area contributed by atoms with E-state index in [1.54, 1.807) is 54.6 Å². The van der Waals surface area contributed by atoms with E-state index in [2.05, 4.69) is 10.2 Å². The van der Waals surface area contributed by atoms with Gasteiger partial charge in [0.2, 0.25) is 11.8 Å². The summed E-state index contributed by atoms with van der Waals surface area (Å²) in [6.07, 6.45) is -4.53. The van der Waals surface area contributed by atoms with E-state index in [1.165, 1.54) is 12.1 Å². The molecule has 0 unspecified atom stereocenters. The molecule has 0 fully saturated rings. The van der Waals surface area contributed by atoms with E-state index in [1.807, 2.05) is 0 Å². The number of nitrogens with zero attached hydrogens (tertiary/aromatic N) is 2. The van der Waals surface area contributed by atoms with Crippen LogP contribution in [0, 0.1) is 0 Å². The van der Waals surface area contributed by atoms with Crippen molar-refractivity contribution in [1.29, 1.82) is 0 Å². The molecule has 0 radical (unpaired) electrons. The van der Waals surface area contributed by atoms with Crippen molar-refractivity contribution in [1.82, 2.24) is 10.2 Å². The number of alkyl halides is 3. The van der Waals surface area contributed by atoms with Crippen LogP contribution in [-0.4, -0.2) is 10.2 Å². The van der Waals surface area contributed by atoms with Gasteiger partial charge in [-0.25, -0.2) is 0 Å². The van der Waals surface area contributed by atoms with E-state index in [9.17, 15) is 13.2 Å². The van der Waals surface area contributed by atoms with Gasteiger partial charge in [0.05, 0.1) is 5.56 Å². The summed E-state index contributed by atoms with van der Waals surface area (Å²) in [5.74, 6) is 0.215. The number of anilines is 1. The molecular formula is C21H14F3N3O. The third-order valence-electron chi connectivity index (χ3n) is 4.24. The molecule has 3 aromatic carbocycles. The number of halogens is 3. The third-order valence-corrected chi connectivity index (χ3v) is 4.24. The molecule has 0 aliphatic rings. The molecule has 0 saturated heterocycles. The SMILES string of the molecule is Nc1ccc(-c2nnc(-c3ccc(-c4ccccc4)c(C(F)(F)F)c3)o2)cc1. The van der Waals surface area contributed by atoms with Crippen molar-refractivity contribution >= 4 is 5.69 Å². The van der Waals surface area contributed by atoms with Gasteiger partial charge in [-0.1, -0.05) is 36.4 Å². The van der Waals surface area contributed by atoms with E-state index >= 15 is 0 Å². The molecule has 0 spiro atoms. The van der Waals surface area contributed by atoms with Gasteiger partial charge < -0.3 is 10.2 Å². The number of benzene rings is 3. The Morgan fingerprint density at radius 3 is 1.96 bits per heavy atom. The first-order chi connectivity index (χ1) is 13.4. The topological polar surface area (TPSA) is 64.9 Å². The molecule has 2 N–H and O–H groups in total. The maximum Gasteiger partial charge on any atom is 0.417 e. The Hall–Kier alpha value is -3.61. The summed E-state index contributed by atoms with van der Waals surface area (Å²) in [6.45, 7) is 0. The molecule has 4 nitrogen and oxygen atoms in total. The van der Waals surface area contributed by atoms with Crippen LogP contribution >= 0.6 is 0 Å². The summed E-state index contributed by atoms with van der Waals surface area (Å²) in [5.41, 5.74) is 6.86. The third kappa shape index (κ3) is 3.46. The van der Waals surface area contributed by atoms with Crippen LogP contribution in [-0.2, 0) is 6.18 Å². The molecule has 0 aliphatic carbocycles. The highest BCUT2D eigenvalue weighted by molar-refractivity contribution is 5.72. The van der Waals surface area contributed by atoms with E-state index in [4.69, 9.17) is 10.2 Å². The Labute approximate surface area is 158 Å². The highest BCUT2D eigenvalue weighted by atomic mass is 19.4. The smallest absolute Gasteiger partial charge is 0.416 e. The number of nitrogen functional groups attached to an aromatic ring is 1. The molecule has 7 heteroatoms. The molecule has 4 aromatic rings. The zero-order valence-corrected chi connectivity index (χ0v) is 14.4. The second kappa shape index (κ2) is 6.84. The lowest BCUT2D eigenvalue weighted by atomic mass is 9.97. The van der Waals surface area contributed by atoms with E-state index < -0.39 is 11.7 Å². The molecule has 0 amide bonds. The van der Waals surface area contributed by atoms with Crippen LogP contribution in [0.25, 0.3) is 34.0 Å². The van der Waals surface area contributed by atoms with Crippen molar-refractivity contribution in [3.8, 4) is 34.0 Å². The second-order valence-corrected chi connectivity index (χ2v) is 6.16. The Morgan fingerprint density at radius 2 is 1.32 bits per heavy atom. The Morgan fingerprint density at radius 1 is 0.714 bits per heavy atom. The standard InChI is InChI=1S/C21H14F3N3O/c22-21(23,24)18-12-15(8-11-17(18)13-4-2-1-3-5-13)20-27-26-19(28-20)14-6-9-16(25)10-7-14/h1-12H,25H2. The molecular weight excluding hydrogens is 367 g/mol. The average Bonchev–Trinajstić information content (AvgIpc) is 3.18. The van der Waals surface area contributed by atoms with Gasteiger partial charge in [0, 0.05) is 16.8 Å². The van der Waals surface area contributed by atoms with Crippen LogP contribution in [0.15, 0.2) is 77.2 Å². The molecule has 0 saturated carbocycles. The fraction of sp³-hybridized carbons (Fsp3) is 0.0476. The van der Waals surface area contributed by atoms with Crippen molar-refractivity contribution in [2.45, 2.75) is 6.18 Å². The number of aromatic nitrogens is 2. The van der Waals surface area contributed by atoms with Gasteiger partial charge in [-0.05, 0) is 47.5 Å². The first-order valence-corrected chi connectivity index (χ1v) is 8.38. The molecule has 4 rings (SSSR count). The minimum atomic E-state index is -4.53. The molecule has 0 aliphatic heterocycles. The number of rotatable bonds is 3. The van der Waals surface area contributed by atoms with Crippen LogP contribution in [0.3, 0.4) is 0 Å². The van der Waals surface area contributed by atoms with Crippen LogP contribution in [0.4, 0.5) is 18.9 Å². The summed E-state index contributed by atoms with van der Waals surface area (Å²) in [5, 5.41) is 7.82. The maximum atomic E-state index is 13.7. The minimum Gasteiger partial charge on any atom is -0.416 e. The van der Waals surface area contributed by atoms with Gasteiger partial charge in [-0.15, -0.1) is 10.2 Å². The molecule has 0 atom stereocenters. The van der Waals surface area contributed by atoms with Crippen LogP contribution < -0.4 is 5.73 Å². The predicted octanol–water partition coefficient (Wildman–Crippen LogP) is 5.67. The predicted molar refractivity (Wildman–Crippen MR) is 100 cm³/mol. The molecule has 0 bridgehead atoms. The van der Waals surface area contributed by atoms with E-state index in [0.29, 0.717) is 16.8 Å². The lowest BCUT2D eigenvalue weighted by Gasteiger charge is -2.14. The minimum absolute atomic E-state index is 0.0111. The van der Waals surface area contributed by atoms with Crippen molar-refractivity contribution in [2.24, 2.45) is 0 Å². The van der Waals surface area contributed by atoms with Crippen LogP contribution in [0.5, 0.6) is 0 Å². The Kier molecular flexibility index (Phi) is 4.35. The fourth-order valence-electron chi connectivity index (χ4n) is 2.86. The molecule has 1 heterocycles. The van der Waals surface area contributed by atoms with E-state index in [0.717, 1.165) is 6.07 Å². The first-order valence-electron chi connectivity index (χ1n) is 8.38. The van der Waals surface area contributed by atoms with E-state index in [-0.39, 0.29) is 22.9 Å². The highest BCUT2D eigenvalue weighted by Gasteiger charge is 2.34. The van der Waals surface area contributed by atoms with Crippen molar-refractivity contribution < 1.29 is 17.6 Å². The normalized spacial score (nSPS) is 11.5. The maximum absolute atomic E-state index is 13.7. The lowest BCUT2D eigenvalue weighted by molar-refractivity contribution is -0.137. The van der Waals surface area contributed by atoms with Crippen molar-refractivity contribution in [2.75, 3.05) is 5.73 Å². The summed E-state index contributed by atoms with van der Waals surface area (Å²) >= 11 is 0. The monoisotopic (exact) mass is 381 g/mol. The molecule has 140 valence electrons. The molecule has 1 aromatic heterocycles. The van der Waals surface area contributed by atoms with Gasteiger partial charge in [0.15, 0.2) is 0 Å².